The number of carbonyl (C=O) groups is 1. The second-order valence-corrected chi connectivity index (χ2v) is 4.71. The van der Waals surface area contributed by atoms with Crippen molar-refractivity contribution in [3.05, 3.63) is 53.0 Å². The van der Waals surface area contributed by atoms with Crippen molar-refractivity contribution in [2.24, 2.45) is 0 Å². The van der Waals surface area contributed by atoms with E-state index in [9.17, 15) is 4.79 Å². The summed E-state index contributed by atoms with van der Waals surface area (Å²) in [5.74, 6) is 3.62. The largest absolute Gasteiger partial charge is 0.485 e. The number of nitrogens with one attached hydrogen (secondary N) is 1. The molecule has 4 heteroatoms. The molecule has 0 aliphatic carbocycles. The van der Waals surface area contributed by atoms with E-state index in [1.165, 1.54) is 5.56 Å². The molecule has 1 aromatic heterocycles. The monoisotopic (exact) mass is 283 g/mol. The van der Waals surface area contributed by atoms with Crippen molar-refractivity contribution in [1.29, 1.82) is 0 Å². The minimum absolute atomic E-state index is 0.175. The molecule has 21 heavy (non-hydrogen) atoms. The van der Waals surface area contributed by atoms with Gasteiger partial charge in [0, 0.05) is 0 Å². The van der Waals surface area contributed by atoms with E-state index in [0.717, 1.165) is 11.3 Å². The van der Waals surface area contributed by atoms with Crippen molar-refractivity contribution in [1.82, 2.24) is 5.32 Å². The number of ether oxygens (including phenoxy) is 1. The van der Waals surface area contributed by atoms with Gasteiger partial charge >= 0.3 is 0 Å². The number of rotatable bonds is 5. The zero-order valence-electron chi connectivity index (χ0n) is 12.1. The number of hydrogen-bond acceptors (Lipinski definition) is 3. The first-order chi connectivity index (χ1) is 10.1. The van der Waals surface area contributed by atoms with Gasteiger partial charge in [-0.3, -0.25) is 4.79 Å². The SMILES string of the molecule is C#CCNC(=O)c1ccc(COc2ccc(C)cc2C)o1. The molecule has 1 amide bonds. The Morgan fingerprint density at radius 1 is 1.33 bits per heavy atom. The Kier molecular flexibility index (Phi) is 4.68. The van der Waals surface area contributed by atoms with Crippen molar-refractivity contribution < 1.29 is 13.9 Å². The Morgan fingerprint density at radius 2 is 2.14 bits per heavy atom. The van der Waals surface area contributed by atoms with Crippen LogP contribution in [0.25, 0.3) is 0 Å². The fraction of sp³-hybridized carbons (Fsp3) is 0.235. The van der Waals surface area contributed by atoms with Gasteiger partial charge in [-0.2, -0.15) is 0 Å². The third kappa shape index (κ3) is 3.90. The number of hydrogen-bond donors (Lipinski definition) is 1. The predicted molar refractivity (Wildman–Crippen MR) is 80.1 cm³/mol. The van der Waals surface area contributed by atoms with Crippen molar-refractivity contribution in [2.45, 2.75) is 20.5 Å². The normalized spacial score (nSPS) is 9.95. The topological polar surface area (TPSA) is 51.5 Å². The molecule has 2 rings (SSSR count). The highest BCUT2D eigenvalue weighted by Gasteiger charge is 2.10. The highest BCUT2D eigenvalue weighted by Crippen LogP contribution is 2.20. The van der Waals surface area contributed by atoms with E-state index in [1.54, 1.807) is 12.1 Å². The second kappa shape index (κ2) is 6.67. The summed E-state index contributed by atoms with van der Waals surface area (Å²) in [6, 6.07) is 9.29. The summed E-state index contributed by atoms with van der Waals surface area (Å²) in [6.07, 6.45) is 5.08. The third-order valence-electron chi connectivity index (χ3n) is 2.94. The number of terminal acetylenes is 1. The zero-order chi connectivity index (χ0) is 15.2. The first-order valence-electron chi connectivity index (χ1n) is 6.60. The Hall–Kier alpha value is -2.67. The predicted octanol–water partition coefficient (Wildman–Crippen LogP) is 2.84. The highest BCUT2D eigenvalue weighted by molar-refractivity contribution is 5.91. The summed E-state index contributed by atoms with van der Waals surface area (Å²) in [4.78, 5) is 11.6. The van der Waals surface area contributed by atoms with Gasteiger partial charge in [-0.15, -0.1) is 6.42 Å². The molecule has 0 bridgehead atoms. The summed E-state index contributed by atoms with van der Waals surface area (Å²) in [5.41, 5.74) is 2.25. The Labute approximate surface area is 124 Å². The molecule has 108 valence electrons. The van der Waals surface area contributed by atoms with Crippen LogP contribution in [0, 0.1) is 26.2 Å². The number of carbonyl (C=O) groups excluding carboxylic acids is 1. The van der Waals surface area contributed by atoms with E-state index < -0.39 is 0 Å². The van der Waals surface area contributed by atoms with Gasteiger partial charge < -0.3 is 14.5 Å². The number of amides is 1. The molecule has 0 unspecified atom stereocenters. The molecule has 4 nitrogen and oxygen atoms in total. The fourth-order valence-electron chi connectivity index (χ4n) is 1.91. The van der Waals surface area contributed by atoms with E-state index in [4.69, 9.17) is 15.6 Å². The number of benzene rings is 1. The van der Waals surface area contributed by atoms with Crippen molar-refractivity contribution >= 4 is 5.91 Å². The second-order valence-electron chi connectivity index (χ2n) is 4.71. The van der Waals surface area contributed by atoms with Crippen LogP contribution in [0.2, 0.25) is 0 Å². The van der Waals surface area contributed by atoms with Crippen LogP contribution in [0.5, 0.6) is 5.75 Å². The molecule has 0 radical (unpaired) electrons. The lowest BCUT2D eigenvalue weighted by molar-refractivity contribution is 0.0927. The molecule has 0 aliphatic heterocycles. The van der Waals surface area contributed by atoms with Gasteiger partial charge in [0.2, 0.25) is 0 Å². The summed E-state index contributed by atoms with van der Waals surface area (Å²) in [5, 5.41) is 2.54. The van der Waals surface area contributed by atoms with E-state index in [0.29, 0.717) is 5.76 Å². The average Bonchev–Trinajstić information content (AvgIpc) is 2.93. The van der Waals surface area contributed by atoms with Crippen molar-refractivity contribution in [3.63, 3.8) is 0 Å². The third-order valence-corrected chi connectivity index (χ3v) is 2.94. The summed E-state index contributed by atoms with van der Waals surface area (Å²) in [6.45, 7) is 4.47. The Bertz CT molecular complexity index is 680. The average molecular weight is 283 g/mol. The molecule has 1 aromatic carbocycles. The van der Waals surface area contributed by atoms with Crippen molar-refractivity contribution in [3.8, 4) is 18.1 Å². The zero-order valence-corrected chi connectivity index (χ0v) is 12.1. The molecule has 0 fully saturated rings. The lowest BCUT2D eigenvalue weighted by Gasteiger charge is -2.08. The molecule has 0 saturated heterocycles. The summed E-state index contributed by atoms with van der Waals surface area (Å²) < 4.78 is 11.1. The van der Waals surface area contributed by atoms with E-state index in [-0.39, 0.29) is 24.8 Å². The van der Waals surface area contributed by atoms with E-state index >= 15 is 0 Å². The molecule has 1 N–H and O–H groups in total. The summed E-state index contributed by atoms with van der Waals surface area (Å²) >= 11 is 0. The van der Waals surface area contributed by atoms with Crippen LogP contribution < -0.4 is 10.1 Å². The fourth-order valence-corrected chi connectivity index (χ4v) is 1.91. The van der Waals surface area contributed by atoms with Crippen LogP contribution in [-0.2, 0) is 6.61 Å². The minimum Gasteiger partial charge on any atom is -0.485 e. The Morgan fingerprint density at radius 3 is 2.86 bits per heavy atom. The molecule has 0 spiro atoms. The lowest BCUT2D eigenvalue weighted by Crippen LogP contribution is -2.22. The maximum Gasteiger partial charge on any atom is 0.287 e. The lowest BCUT2D eigenvalue weighted by atomic mass is 10.1. The van der Waals surface area contributed by atoms with Gasteiger partial charge in [-0.1, -0.05) is 23.6 Å². The van der Waals surface area contributed by atoms with Crippen LogP contribution in [0.15, 0.2) is 34.7 Å². The number of aryl methyl sites for hydroxylation is 2. The van der Waals surface area contributed by atoms with Crippen LogP contribution in [-0.4, -0.2) is 12.5 Å². The molecular weight excluding hydrogens is 266 g/mol. The van der Waals surface area contributed by atoms with Gasteiger partial charge in [0.25, 0.3) is 5.91 Å². The van der Waals surface area contributed by atoms with Crippen molar-refractivity contribution in [2.75, 3.05) is 6.54 Å². The highest BCUT2D eigenvalue weighted by atomic mass is 16.5. The standard InChI is InChI=1S/C17H17NO3/c1-4-9-18-17(19)16-8-6-14(21-16)11-20-15-7-5-12(2)10-13(15)3/h1,5-8,10H,9,11H2,2-3H3,(H,18,19). The molecular formula is C17H17NO3. The van der Waals surface area contributed by atoms with Gasteiger partial charge in [-0.25, -0.2) is 0 Å². The first-order valence-corrected chi connectivity index (χ1v) is 6.60. The molecule has 0 aliphatic rings. The Balaban J connectivity index is 1.97. The summed E-state index contributed by atoms with van der Waals surface area (Å²) in [7, 11) is 0. The minimum atomic E-state index is -0.328. The smallest absolute Gasteiger partial charge is 0.287 e. The van der Waals surface area contributed by atoms with Crippen LogP contribution in [0.1, 0.15) is 27.4 Å². The molecule has 2 aromatic rings. The number of furan rings is 1. The van der Waals surface area contributed by atoms with Gasteiger partial charge in [-0.05, 0) is 37.6 Å². The molecule has 0 saturated carbocycles. The van der Waals surface area contributed by atoms with Gasteiger partial charge in [0.05, 0.1) is 6.54 Å². The maximum absolute atomic E-state index is 11.6. The van der Waals surface area contributed by atoms with E-state index in [1.807, 2.05) is 26.0 Å². The van der Waals surface area contributed by atoms with Crippen LogP contribution in [0.4, 0.5) is 0 Å². The maximum atomic E-state index is 11.6. The van der Waals surface area contributed by atoms with Crippen LogP contribution in [0.3, 0.4) is 0 Å². The first kappa shape index (κ1) is 14.7. The van der Waals surface area contributed by atoms with E-state index in [2.05, 4.69) is 17.3 Å². The molecule has 1 heterocycles. The van der Waals surface area contributed by atoms with Crippen LogP contribution >= 0.6 is 0 Å². The quantitative estimate of drug-likeness (QED) is 0.858. The molecule has 0 atom stereocenters. The van der Waals surface area contributed by atoms with Gasteiger partial charge in [0.1, 0.15) is 18.1 Å². The van der Waals surface area contributed by atoms with Gasteiger partial charge in [0.15, 0.2) is 5.76 Å².